The fourth-order valence-electron chi connectivity index (χ4n) is 1.44. The van der Waals surface area contributed by atoms with Crippen LogP contribution in [0.4, 0.5) is 10.1 Å². The third-order valence-electron chi connectivity index (χ3n) is 2.22. The number of anilines is 1. The molecule has 0 radical (unpaired) electrons. The topological polar surface area (TPSA) is 42.0 Å². The third-order valence-corrected chi connectivity index (χ3v) is 2.22. The minimum absolute atomic E-state index is 0.149. The van der Waals surface area contributed by atoms with E-state index in [0.717, 1.165) is 5.56 Å². The molecule has 4 heteroatoms. The highest BCUT2D eigenvalue weighted by Crippen LogP contribution is 2.07. The Bertz CT molecular complexity index is 497. The van der Waals surface area contributed by atoms with Gasteiger partial charge < -0.3 is 5.32 Å². The van der Waals surface area contributed by atoms with Crippen LogP contribution in [0.5, 0.6) is 0 Å². The quantitative estimate of drug-likeness (QED) is 0.823. The molecule has 0 aliphatic rings. The summed E-state index contributed by atoms with van der Waals surface area (Å²) >= 11 is 0. The second kappa shape index (κ2) is 5.21. The molecule has 0 saturated carbocycles. The largest absolute Gasteiger partial charge is 0.324 e. The molecule has 0 unspecified atom stereocenters. The van der Waals surface area contributed by atoms with Crippen molar-refractivity contribution < 1.29 is 9.18 Å². The van der Waals surface area contributed by atoms with E-state index in [4.69, 9.17) is 0 Å². The number of rotatable bonds is 3. The first-order chi connectivity index (χ1) is 8.24. The molecule has 0 fully saturated rings. The Morgan fingerprint density at radius 2 is 1.94 bits per heavy atom. The lowest BCUT2D eigenvalue weighted by Crippen LogP contribution is -2.14. The number of aromatic nitrogens is 1. The van der Waals surface area contributed by atoms with E-state index in [1.165, 1.54) is 18.3 Å². The highest BCUT2D eigenvalue weighted by Gasteiger charge is 2.03. The Labute approximate surface area is 98.3 Å². The maximum Gasteiger partial charge on any atom is 0.228 e. The molecule has 0 atom stereocenters. The van der Waals surface area contributed by atoms with Gasteiger partial charge in [-0.1, -0.05) is 30.3 Å². The van der Waals surface area contributed by atoms with Gasteiger partial charge in [0.25, 0.3) is 0 Å². The molecule has 2 aromatic rings. The van der Waals surface area contributed by atoms with Crippen LogP contribution in [0, 0.1) is 5.95 Å². The minimum Gasteiger partial charge on any atom is -0.324 e. The van der Waals surface area contributed by atoms with E-state index in [9.17, 15) is 9.18 Å². The number of nitrogens with zero attached hydrogens (tertiary/aromatic N) is 1. The van der Waals surface area contributed by atoms with Crippen molar-refractivity contribution in [2.45, 2.75) is 6.42 Å². The monoisotopic (exact) mass is 230 g/mol. The number of halogens is 1. The maximum absolute atomic E-state index is 12.5. The predicted molar refractivity (Wildman–Crippen MR) is 63.0 cm³/mol. The Morgan fingerprint density at radius 3 is 2.59 bits per heavy atom. The van der Waals surface area contributed by atoms with Gasteiger partial charge >= 0.3 is 0 Å². The molecule has 1 N–H and O–H groups in total. The molecule has 1 heterocycles. The van der Waals surface area contributed by atoms with Crippen LogP contribution in [0.15, 0.2) is 48.7 Å². The molecular weight excluding hydrogens is 219 g/mol. The van der Waals surface area contributed by atoms with Crippen molar-refractivity contribution in [3.05, 3.63) is 60.2 Å². The number of carbonyl (C=O) groups is 1. The molecule has 17 heavy (non-hydrogen) atoms. The molecule has 1 aromatic carbocycles. The van der Waals surface area contributed by atoms with Crippen molar-refractivity contribution in [3.8, 4) is 0 Å². The summed E-state index contributed by atoms with van der Waals surface area (Å²) in [5.74, 6) is -0.712. The van der Waals surface area contributed by atoms with Crippen LogP contribution in [0.2, 0.25) is 0 Å². The van der Waals surface area contributed by atoms with Crippen molar-refractivity contribution in [2.24, 2.45) is 0 Å². The summed E-state index contributed by atoms with van der Waals surface area (Å²) in [7, 11) is 0. The first-order valence-electron chi connectivity index (χ1n) is 5.19. The van der Waals surface area contributed by atoms with E-state index in [1.807, 2.05) is 30.3 Å². The fraction of sp³-hybridized carbons (Fsp3) is 0.0769. The molecule has 1 amide bonds. The van der Waals surface area contributed by atoms with Gasteiger partial charge in [0.2, 0.25) is 11.9 Å². The molecule has 86 valence electrons. The predicted octanol–water partition coefficient (Wildman–Crippen LogP) is 2.40. The van der Waals surface area contributed by atoms with Crippen LogP contribution in [0.3, 0.4) is 0 Å². The second-order valence-electron chi connectivity index (χ2n) is 3.58. The molecule has 0 aliphatic heterocycles. The SMILES string of the molecule is O=C(Cc1ccccc1)Nc1ccc(F)nc1. The molecule has 1 aromatic heterocycles. The van der Waals surface area contributed by atoms with Gasteiger partial charge in [0.05, 0.1) is 18.3 Å². The van der Waals surface area contributed by atoms with E-state index in [1.54, 1.807) is 0 Å². The van der Waals surface area contributed by atoms with E-state index in [-0.39, 0.29) is 12.3 Å². The summed E-state index contributed by atoms with van der Waals surface area (Å²) < 4.78 is 12.5. The summed E-state index contributed by atoms with van der Waals surface area (Å²) in [6.07, 6.45) is 1.58. The van der Waals surface area contributed by atoms with E-state index in [0.29, 0.717) is 5.69 Å². The number of benzene rings is 1. The van der Waals surface area contributed by atoms with E-state index in [2.05, 4.69) is 10.3 Å². The van der Waals surface area contributed by atoms with Crippen LogP contribution >= 0.6 is 0 Å². The number of carbonyl (C=O) groups excluding carboxylic acids is 1. The molecule has 2 rings (SSSR count). The van der Waals surface area contributed by atoms with Gasteiger partial charge in [0.1, 0.15) is 0 Å². The van der Waals surface area contributed by atoms with Crippen LogP contribution < -0.4 is 5.32 Å². The molecule has 0 saturated heterocycles. The van der Waals surface area contributed by atoms with E-state index >= 15 is 0 Å². The van der Waals surface area contributed by atoms with Gasteiger partial charge in [-0.3, -0.25) is 4.79 Å². The van der Waals surface area contributed by atoms with Gasteiger partial charge in [0.15, 0.2) is 0 Å². The van der Waals surface area contributed by atoms with Crippen molar-refractivity contribution >= 4 is 11.6 Å². The molecular formula is C13H11FN2O. The average molecular weight is 230 g/mol. The van der Waals surface area contributed by atoms with Gasteiger partial charge in [-0.15, -0.1) is 0 Å². The normalized spacial score (nSPS) is 9.94. The highest BCUT2D eigenvalue weighted by molar-refractivity contribution is 5.92. The summed E-state index contributed by atoms with van der Waals surface area (Å²) in [5, 5.41) is 2.65. The first kappa shape index (κ1) is 11.3. The maximum atomic E-state index is 12.5. The summed E-state index contributed by atoms with van der Waals surface area (Å²) in [5.41, 5.74) is 1.42. The van der Waals surface area contributed by atoms with Crippen LogP contribution in [0.1, 0.15) is 5.56 Å². The van der Waals surface area contributed by atoms with Gasteiger partial charge in [-0.05, 0) is 17.7 Å². The zero-order valence-electron chi connectivity index (χ0n) is 9.06. The number of nitrogens with one attached hydrogen (secondary N) is 1. The fourth-order valence-corrected chi connectivity index (χ4v) is 1.44. The highest BCUT2D eigenvalue weighted by atomic mass is 19.1. The van der Waals surface area contributed by atoms with Crippen LogP contribution in [-0.2, 0) is 11.2 Å². The van der Waals surface area contributed by atoms with Crippen LogP contribution in [0.25, 0.3) is 0 Å². The number of hydrogen-bond donors (Lipinski definition) is 1. The smallest absolute Gasteiger partial charge is 0.228 e. The second-order valence-corrected chi connectivity index (χ2v) is 3.58. The van der Waals surface area contributed by atoms with Crippen molar-refractivity contribution in [3.63, 3.8) is 0 Å². The molecule has 0 bridgehead atoms. The zero-order chi connectivity index (χ0) is 12.1. The summed E-state index contributed by atoms with van der Waals surface area (Å²) in [6, 6.07) is 12.1. The average Bonchev–Trinajstić information content (AvgIpc) is 2.33. The van der Waals surface area contributed by atoms with Gasteiger partial charge in [-0.25, -0.2) is 4.98 Å². The Morgan fingerprint density at radius 1 is 1.18 bits per heavy atom. The lowest BCUT2D eigenvalue weighted by atomic mass is 10.1. The number of hydrogen-bond acceptors (Lipinski definition) is 2. The molecule has 3 nitrogen and oxygen atoms in total. The van der Waals surface area contributed by atoms with Gasteiger partial charge in [-0.2, -0.15) is 4.39 Å². The lowest BCUT2D eigenvalue weighted by molar-refractivity contribution is -0.115. The minimum atomic E-state index is -0.564. The standard InChI is InChI=1S/C13H11FN2O/c14-12-7-6-11(9-15-12)16-13(17)8-10-4-2-1-3-5-10/h1-7,9H,8H2,(H,16,17). The van der Waals surface area contributed by atoms with Crippen molar-refractivity contribution in [2.75, 3.05) is 5.32 Å². The summed E-state index contributed by atoms with van der Waals surface area (Å²) in [4.78, 5) is 15.1. The molecule has 0 aliphatic carbocycles. The van der Waals surface area contributed by atoms with Gasteiger partial charge in [0, 0.05) is 0 Å². The zero-order valence-corrected chi connectivity index (χ0v) is 9.06. The van der Waals surface area contributed by atoms with Crippen LogP contribution in [-0.4, -0.2) is 10.9 Å². The summed E-state index contributed by atoms with van der Waals surface area (Å²) in [6.45, 7) is 0. The Balaban J connectivity index is 1.96. The van der Waals surface area contributed by atoms with Crippen molar-refractivity contribution in [1.29, 1.82) is 0 Å². The lowest BCUT2D eigenvalue weighted by Gasteiger charge is -2.04. The first-order valence-corrected chi connectivity index (χ1v) is 5.19. The van der Waals surface area contributed by atoms with Crippen molar-refractivity contribution in [1.82, 2.24) is 4.98 Å². The molecule has 0 spiro atoms. The Hall–Kier alpha value is -2.23. The number of pyridine rings is 1. The Kier molecular flexibility index (Phi) is 3.45. The third kappa shape index (κ3) is 3.38. The number of amides is 1. The van der Waals surface area contributed by atoms with E-state index < -0.39 is 5.95 Å².